The number of carbonyl (C=O) groups excluding carboxylic acids is 1. The molecule has 4 aromatic rings. The molecule has 7 nitrogen and oxygen atoms in total. The van der Waals surface area contributed by atoms with Crippen molar-refractivity contribution in [2.24, 2.45) is 0 Å². The number of methoxy groups -OCH3 is 2. The highest BCUT2D eigenvalue weighted by Gasteiger charge is 2.16. The smallest absolute Gasteiger partial charge is 0.255 e. The quantitative estimate of drug-likeness (QED) is 0.472. The van der Waals surface area contributed by atoms with Crippen LogP contribution in [0.4, 0.5) is 4.39 Å². The summed E-state index contributed by atoms with van der Waals surface area (Å²) in [6, 6.07) is 11.2. The average Bonchev–Trinajstić information content (AvgIpc) is 3.33. The van der Waals surface area contributed by atoms with E-state index in [1.165, 1.54) is 30.6 Å². The Bertz CT molecular complexity index is 1230. The summed E-state index contributed by atoms with van der Waals surface area (Å²) in [6.45, 7) is 2.43. The molecule has 160 valence electrons. The first-order chi connectivity index (χ1) is 15.0. The number of thiazole rings is 1. The number of aryl methyl sites for hydroxylation is 1. The van der Waals surface area contributed by atoms with Crippen molar-refractivity contribution in [3.05, 3.63) is 64.4 Å². The molecule has 0 unspecified atom stereocenters. The van der Waals surface area contributed by atoms with Gasteiger partial charge in [0, 0.05) is 29.5 Å². The van der Waals surface area contributed by atoms with E-state index in [4.69, 9.17) is 9.47 Å². The zero-order chi connectivity index (χ0) is 22.0. The summed E-state index contributed by atoms with van der Waals surface area (Å²) in [5.74, 6) is 1.13. The summed E-state index contributed by atoms with van der Waals surface area (Å²) in [5.41, 5.74) is 2.18. The predicted molar refractivity (Wildman–Crippen MR) is 117 cm³/mol. The van der Waals surface area contributed by atoms with Crippen LogP contribution in [0.15, 0.2) is 42.5 Å². The molecular weight excluding hydrogens is 419 g/mol. The van der Waals surface area contributed by atoms with Crippen LogP contribution < -0.4 is 14.8 Å². The van der Waals surface area contributed by atoms with Crippen molar-refractivity contribution in [3.63, 3.8) is 0 Å². The summed E-state index contributed by atoms with van der Waals surface area (Å²) < 4.78 is 25.4. The molecule has 2 heterocycles. The van der Waals surface area contributed by atoms with Crippen LogP contribution in [0, 0.1) is 12.7 Å². The Morgan fingerprint density at radius 3 is 2.61 bits per heavy atom. The lowest BCUT2D eigenvalue weighted by Gasteiger charge is -2.10. The van der Waals surface area contributed by atoms with Crippen molar-refractivity contribution < 1.29 is 18.7 Å². The number of hydrogen-bond acceptors (Lipinski definition) is 6. The Morgan fingerprint density at radius 1 is 1.16 bits per heavy atom. The van der Waals surface area contributed by atoms with Crippen LogP contribution in [0.25, 0.3) is 16.3 Å². The fraction of sp³-hybridized carbons (Fsp3) is 0.227. The van der Waals surface area contributed by atoms with Gasteiger partial charge in [0.1, 0.15) is 17.3 Å². The van der Waals surface area contributed by atoms with Crippen LogP contribution in [0.2, 0.25) is 0 Å². The van der Waals surface area contributed by atoms with Gasteiger partial charge in [0.15, 0.2) is 5.82 Å². The van der Waals surface area contributed by atoms with Gasteiger partial charge in [0.2, 0.25) is 4.96 Å². The molecule has 1 amide bonds. The van der Waals surface area contributed by atoms with Gasteiger partial charge in [0.05, 0.1) is 25.5 Å². The lowest BCUT2D eigenvalue weighted by Crippen LogP contribution is -2.26. The number of amides is 1. The summed E-state index contributed by atoms with van der Waals surface area (Å²) >= 11 is 1.53. The van der Waals surface area contributed by atoms with Gasteiger partial charge in [-0.05, 0) is 43.3 Å². The van der Waals surface area contributed by atoms with Gasteiger partial charge in [-0.15, -0.1) is 5.10 Å². The maximum absolute atomic E-state index is 13.1. The minimum Gasteiger partial charge on any atom is -0.497 e. The molecule has 0 aliphatic rings. The molecule has 0 radical (unpaired) electrons. The second-order valence-corrected chi connectivity index (χ2v) is 7.88. The van der Waals surface area contributed by atoms with Gasteiger partial charge in [-0.1, -0.05) is 11.3 Å². The molecule has 9 heteroatoms. The lowest BCUT2D eigenvalue weighted by molar-refractivity contribution is 0.0951. The van der Waals surface area contributed by atoms with E-state index >= 15 is 0 Å². The molecule has 0 saturated carbocycles. The number of rotatable bonds is 7. The molecule has 0 aliphatic carbocycles. The molecule has 1 N–H and O–H groups in total. The van der Waals surface area contributed by atoms with E-state index < -0.39 is 0 Å². The largest absolute Gasteiger partial charge is 0.497 e. The van der Waals surface area contributed by atoms with Crippen LogP contribution in [0.5, 0.6) is 11.5 Å². The highest BCUT2D eigenvalue weighted by atomic mass is 32.1. The van der Waals surface area contributed by atoms with Crippen LogP contribution in [0.3, 0.4) is 0 Å². The molecule has 0 atom stereocenters. The Labute approximate surface area is 182 Å². The van der Waals surface area contributed by atoms with Gasteiger partial charge in [0.25, 0.3) is 5.91 Å². The number of benzene rings is 2. The molecule has 0 bridgehead atoms. The number of fused-ring (bicyclic) bond motifs is 1. The number of carbonyl (C=O) groups is 1. The molecule has 0 saturated heterocycles. The van der Waals surface area contributed by atoms with E-state index in [0.29, 0.717) is 35.9 Å². The fourth-order valence-electron chi connectivity index (χ4n) is 3.21. The van der Waals surface area contributed by atoms with Crippen molar-refractivity contribution in [2.45, 2.75) is 13.3 Å². The second kappa shape index (κ2) is 8.73. The number of aromatic nitrogens is 3. The molecule has 31 heavy (non-hydrogen) atoms. The predicted octanol–water partition coefficient (Wildman–Crippen LogP) is 3.90. The van der Waals surface area contributed by atoms with Crippen LogP contribution in [-0.2, 0) is 6.42 Å². The van der Waals surface area contributed by atoms with Crippen LogP contribution in [0.1, 0.15) is 20.9 Å². The molecular formula is C22H21FN4O3S. The second-order valence-electron chi connectivity index (χ2n) is 6.82. The average molecular weight is 441 g/mol. The first-order valence-electron chi connectivity index (χ1n) is 9.61. The summed E-state index contributed by atoms with van der Waals surface area (Å²) in [5, 5.41) is 7.47. The summed E-state index contributed by atoms with van der Waals surface area (Å²) in [6.07, 6.45) is 0.650. The Hall–Kier alpha value is -3.46. The lowest BCUT2D eigenvalue weighted by atomic mass is 10.1. The molecule has 0 aliphatic heterocycles. The Morgan fingerprint density at radius 2 is 1.94 bits per heavy atom. The molecule has 0 spiro atoms. The van der Waals surface area contributed by atoms with Crippen molar-refractivity contribution in [2.75, 3.05) is 20.8 Å². The molecule has 2 aromatic carbocycles. The van der Waals surface area contributed by atoms with Crippen LogP contribution in [-0.4, -0.2) is 41.3 Å². The number of halogens is 1. The summed E-state index contributed by atoms with van der Waals surface area (Å²) in [7, 11) is 3.08. The normalized spacial score (nSPS) is 11.0. The Kier molecular flexibility index (Phi) is 5.85. The van der Waals surface area contributed by atoms with Gasteiger partial charge in [-0.2, -0.15) is 4.98 Å². The van der Waals surface area contributed by atoms with Gasteiger partial charge >= 0.3 is 0 Å². The van der Waals surface area contributed by atoms with Gasteiger partial charge < -0.3 is 14.8 Å². The standard InChI is InChI=1S/C22H21FN4O3S/c1-13-19(10-11-24-21(28)17-9-8-16(29-2)12-18(17)30-3)31-22-25-20(26-27(13)22)14-4-6-15(23)7-5-14/h4-9,12H,10-11H2,1-3H3,(H,24,28). The van der Waals surface area contributed by atoms with Crippen molar-refractivity contribution in [1.29, 1.82) is 0 Å². The third-order valence-corrected chi connectivity index (χ3v) is 6.10. The zero-order valence-corrected chi connectivity index (χ0v) is 18.1. The third kappa shape index (κ3) is 4.22. The fourth-order valence-corrected chi connectivity index (χ4v) is 4.26. The number of nitrogens with one attached hydrogen (secondary N) is 1. The number of hydrogen-bond donors (Lipinski definition) is 1. The van der Waals surface area contributed by atoms with Gasteiger partial charge in [-0.25, -0.2) is 8.91 Å². The van der Waals surface area contributed by atoms with Gasteiger partial charge in [-0.3, -0.25) is 4.79 Å². The Balaban J connectivity index is 1.43. The van der Waals surface area contributed by atoms with E-state index in [2.05, 4.69) is 15.4 Å². The third-order valence-electron chi connectivity index (χ3n) is 4.91. The number of ether oxygens (including phenoxy) is 2. The highest BCUT2D eigenvalue weighted by molar-refractivity contribution is 7.17. The minimum absolute atomic E-state index is 0.213. The van der Waals surface area contributed by atoms with Crippen LogP contribution >= 0.6 is 11.3 Å². The van der Waals surface area contributed by atoms with E-state index in [1.807, 2.05) is 6.92 Å². The molecule has 2 aromatic heterocycles. The van der Waals surface area contributed by atoms with Crippen molar-refractivity contribution in [3.8, 4) is 22.9 Å². The monoisotopic (exact) mass is 440 g/mol. The minimum atomic E-state index is -0.294. The van der Waals surface area contributed by atoms with E-state index in [1.54, 1.807) is 42.0 Å². The van der Waals surface area contributed by atoms with E-state index in [-0.39, 0.29) is 11.7 Å². The first-order valence-corrected chi connectivity index (χ1v) is 10.4. The first kappa shape index (κ1) is 20.8. The molecule has 0 fully saturated rings. The SMILES string of the molecule is COc1ccc(C(=O)NCCc2sc3nc(-c4ccc(F)cc4)nn3c2C)c(OC)c1. The number of nitrogens with zero attached hydrogens (tertiary/aromatic N) is 3. The van der Waals surface area contributed by atoms with E-state index in [9.17, 15) is 9.18 Å². The maximum atomic E-state index is 13.1. The molecule has 4 rings (SSSR count). The summed E-state index contributed by atoms with van der Waals surface area (Å²) in [4.78, 5) is 19.0. The zero-order valence-electron chi connectivity index (χ0n) is 17.3. The highest BCUT2D eigenvalue weighted by Crippen LogP contribution is 2.26. The van der Waals surface area contributed by atoms with Crippen molar-refractivity contribution >= 4 is 22.2 Å². The topological polar surface area (TPSA) is 77.8 Å². The van der Waals surface area contributed by atoms with E-state index in [0.717, 1.165) is 21.1 Å². The van der Waals surface area contributed by atoms with Crippen molar-refractivity contribution in [1.82, 2.24) is 19.9 Å². The maximum Gasteiger partial charge on any atom is 0.255 e.